The van der Waals surface area contributed by atoms with Crippen LogP contribution in [0.1, 0.15) is 21.7 Å². The molecule has 3 heterocycles. The van der Waals surface area contributed by atoms with Gasteiger partial charge in [-0.15, -0.1) is 10.2 Å². The molecular weight excluding hydrogens is 490 g/mol. The Hall–Kier alpha value is -4.89. The number of ketones is 1. The van der Waals surface area contributed by atoms with E-state index in [0.717, 1.165) is 22.3 Å². The summed E-state index contributed by atoms with van der Waals surface area (Å²) in [6.07, 6.45) is 0. The molecule has 3 aromatic carbocycles. The number of carbonyl (C=O) groups excluding carboxylic acids is 1. The molecule has 0 atom stereocenters. The van der Waals surface area contributed by atoms with Gasteiger partial charge in [-0.25, -0.2) is 0 Å². The van der Waals surface area contributed by atoms with Crippen LogP contribution in [0.15, 0.2) is 94.9 Å². The maximum Gasteiger partial charge on any atom is 0.242 e. The van der Waals surface area contributed by atoms with Gasteiger partial charge in [0.05, 0.1) is 11.3 Å². The van der Waals surface area contributed by atoms with Crippen molar-refractivity contribution >= 4 is 28.1 Å². The predicted octanol–water partition coefficient (Wildman–Crippen LogP) is 5.96. The molecule has 9 heteroatoms. The standard InChI is InChI=1S/C28H19N3O5S/c32-25(22-14-19-8-4-5-9-21(19)36-22)23-24(31(27(34)26(23)33)28-30-29-16-37-28)18-10-12-20(13-11-18)35-15-17-6-2-1-3-7-17/h1-14,16,33-34H,15H2. The Morgan fingerprint density at radius 1 is 0.973 bits per heavy atom. The number of carbonyl (C=O) groups is 1. The van der Waals surface area contributed by atoms with Gasteiger partial charge in [0.25, 0.3) is 0 Å². The van der Waals surface area contributed by atoms with Gasteiger partial charge in [0.15, 0.2) is 11.5 Å². The third-order valence-corrected chi connectivity index (χ3v) is 6.59. The molecule has 0 fully saturated rings. The van der Waals surface area contributed by atoms with E-state index in [4.69, 9.17) is 9.15 Å². The van der Waals surface area contributed by atoms with E-state index in [9.17, 15) is 15.0 Å². The summed E-state index contributed by atoms with van der Waals surface area (Å²) in [5.74, 6) is -1.00. The van der Waals surface area contributed by atoms with Crippen LogP contribution in [0.5, 0.6) is 17.4 Å². The number of nitrogens with zero attached hydrogens (tertiary/aromatic N) is 3. The molecule has 0 aliphatic rings. The number of para-hydroxylation sites is 1. The van der Waals surface area contributed by atoms with Gasteiger partial charge in [-0.3, -0.25) is 9.36 Å². The number of hydrogen-bond donors (Lipinski definition) is 2. The molecule has 0 aliphatic carbocycles. The van der Waals surface area contributed by atoms with E-state index in [-0.39, 0.29) is 22.1 Å². The van der Waals surface area contributed by atoms with E-state index >= 15 is 0 Å². The average Bonchev–Trinajstić information content (AvgIpc) is 3.67. The zero-order valence-electron chi connectivity index (χ0n) is 19.2. The molecule has 8 nitrogen and oxygen atoms in total. The van der Waals surface area contributed by atoms with E-state index in [1.807, 2.05) is 48.5 Å². The molecule has 0 amide bonds. The van der Waals surface area contributed by atoms with Crippen LogP contribution in [0.4, 0.5) is 0 Å². The Morgan fingerprint density at radius 3 is 2.46 bits per heavy atom. The molecule has 2 N–H and O–H groups in total. The second-order valence-corrected chi connectivity index (χ2v) is 9.04. The normalized spacial score (nSPS) is 11.1. The second kappa shape index (κ2) is 9.29. The Morgan fingerprint density at radius 2 is 1.73 bits per heavy atom. The molecule has 6 aromatic rings. The largest absolute Gasteiger partial charge is 0.503 e. The lowest BCUT2D eigenvalue weighted by Gasteiger charge is -2.10. The second-order valence-electron chi connectivity index (χ2n) is 8.23. The highest BCUT2D eigenvalue weighted by Crippen LogP contribution is 2.44. The number of benzene rings is 3. The van der Waals surface area contributed by atoms with Gasteiger partial charge >= 0.3 is 0 Å². The first kappa shape index (κ1) is 22.6. The Kier molecular flexibility index (Phi) is 5.66. The Balaban J connectivity index is 1.43. The van der Waals surface area contributed by atoms with Crippen LogP contribution in [0.2, 0.25) is 0 Å². The molecule has 182 valence electrons. The van der Waals surface area contributed by atoms with E-state index < -0.39 is 17.4 Å². The van der Waals surface area contributed by atoms with Crippen LogP contribution < -0.4 is 4.74 Å². The summed E-state index contributed by atoms with van der Waals surface area (Å²) in [4.78, 5) is 13.7. The first-order chi connectivity index (χ1) is 18.1. The van der Waals surface area contributed by atoms with Crippen LogP contribution in [0, 0.1) is 0 Å². The Labute approximate surface area is 214 Å². The first-order valence-corrected chi connectivity index (χ1v) is 12.2. The lowest BCUT2D eigenvalue weighted by molar-refractivity contribution is 0.101. The molecule has 0 aliphatic heterocycles. The molecule has 0 spiro atoms. The number of fused-ring (bicyclic) bond motifs is 1. The zero-order valence-corrected chi connectivity index (χ0v) is 20.1. The summed E-state index contributed by atoms with van der Waals surface area (Å²) in [5, 5.41) is 30.7. The smallest absolute Gasteiger partial charge is 0.242 e. The molecular formula is C28H19N3O5S. The van der Waals surface area contributed by atoms with Crippen molar-refractivity contribution in [3.8, 4) is 33.8 Å². The number of ether oxygens (including phenoxy) is 1. The molecule has 6 rings (SSSR count). The van der Waals surface area contributed by atoms with Gasteiger partial charge in [0, 0.05) is 5.39 Å². The van der Waals surface area contributed by atoms with Gasteiger partial charge in [-0.1, -0.05) is 59.9 Å². The molecule has 0 radical (unpaired) electrons. The molecule has 0 bridgehead atoms. The quantitative estimate of drug-likeness (QED) is 0.255. The summed E-state index contributed by atoms with van der Waals surface area (Å²) in [6, 6.07) is 25.7. The highest BCUT2D eigenvalue weighted by atomic mass is 32.1. The number of furan rings is 1. The minimum atomic E-state index is -0.577. The summed E-state index contributed by atoms with van der Waals surface area (Å²) >= 11 is 1.15. The fraction of sp³-hybridized carbons (Fsp3) is 0.0357. The van der Waals surface area contributed by atoms with Crippen molar-refractivity contribution in [1.29, 1.82) is 0 Å². The minimum absolute atomic E-state index is 0.0370. The van der Waals surface area contributed by atoms with E-state index in [2.05, 4.69) is 10.2 Å². The van der Waals surface area contributed by atoms with Crippen molar-refractivity contribution in [1.82, 2.24) is 14.8 Å². The van der Waals surface area contributed by atoms with Crippen LogP contribution in [-0.2, 0) is 6.61 Å². The summed E-state index contributed by atoms with van der Waals surface area (Å²) < 4.78 is 13.0. The fourth-order valence-corrected chi connectivity index (χ4v) is 4.72. The lowest BCUT2D eigenvalue weighted by atomic mass is 10.0. The predicted molar refractivity (Wildman–Crippen MR) is 138 cm³/mol. The van der Waals surface area contributed by atoms with Crippen molar-refractivity contribution in [2.75, 3.05) is 0 Å². The van der Waals surface area contributed by atoms with Crippen molar-refractivity contribution in [2.24, 2.45) is 0 Å². The zero-order chi connectivity index (χ0) is 25.4. The number of aromatic hydroxyl groups is 2. The third-order valence-electron chi connectivity index (χ3n) is 5.91. The molecule has 0 unspecified atom stereocenters. The maximum absolute atomic E-state index is 13.7. The van der Waals surface area contributed by atoms with Gasteiger partial charge in [0.2, 0.25) is 16.8 Å². The van der Waals surface area contributed by atoms with Crippen molar-refractivity contribution in [3.63, 3.8) is 0 Å². The topological polar surface area (TPSA) is 111 Å². The molecule has 0 saturated heterocycles. The monoisotopic (exact) mass is 509 g/mol. The van der Waals surface area contributed by atoms with Gasteiger partial charge in [0.1, 0.15) is 23.4 Å². The first-order valence-electron chi connectivity index (χ1n) is 11.3. The van der Waals surface area contributed by atoms with E-state index in [0.29, 0.717) is 23.5 Å². The van der Waals surface area contributed by atoms with Crippen LogP contribution >= 0.6 is 11.3 Å². The van der Waals surface area contributed by atoms with Crippen LogP contribution in [0.25, 0.3) is 27.4 Å². The Bertz CT molecular complexity index is 1670. The van der Waals surface area contributed by atoms with Crippen molar-refractivity contribution in [2.45, 2.75) is 6.61 Å². The third kappa shape index (κ3) is 4.11. The number of rotatable bonds is 7. The van der Waals surface area contributed by atoms with E-state index in [1.165, 1.54) is 10.1 Å². The molecule has 0 saturated carbocycles. The van der Waals surface area contributed by atoms with Gasteiger partial charge in [-0.05, 0) is 47.5 Å². The fourth-order valence-electron chi connectivity index (χ4n) is 4.15. The van der Waals surface area contributed by atoms with Crippen LogP contribution in [0.3, 0.4) is 0 Å². The maximum atomic E-state index is 13.7. The van der Waals surface area contributed by atoms with Crippen LogP contribution in [-0.4, -0.2) is 30.8 Å². The van der Waals surface area contributed by atoms with Crippen molar-refractivity contribution < 1.29 is 24.2 Å². The van der Waals surface area contributed by atoms with Gasteiger partial charge in [-0.2, -0.15) is 0 Å². The number of hydrogen-bond acceptors (Lipinski definition) is 8. The summed E-state index contributed by atoms with van der Waals surface area (Å²) in [6.45, 7) is 0.402. The summed E-state index contributed by atoms with van der Waals surface area (Å²) in [5.41, 5.74) is 3.77. The average molecular weight is 510 g/mol. The molecule has 37 heavy (non-hydrogen) atoms. The number of aromatic nitrogens is 3. The highest BCUT2D eigenvalue weighted by molar-refractivity contribution is 7.11. The minimum Gasteiger partial charge on any atom is -0.503 e. The molecule has 3 aromatic heterocycles. The lowest BCUT2D eigenvalue weighted by Crippen LogP contribution is -2.04. The SMILES string of the molecule is O=C(c1cc2ccccc2o1)c1c(O)c(O)n(-c2nncs2)c1-c1ccc(OCc2ccccc2)cc1. The van der Waals surface area contributed by atoms with Gasteiger partial charge < -0.3 is 19.4 Å². The van der Waals surface area contributed by atoms with Crippen molar-refractivity contribution in [3.05, 3.63) is 107 Å². The highest BCUT2D eigenvalue weighted by Gasteiger charge is 2.32. The summed E-state index contributed by atoms with van der Waals surface area (Å²) in [7, 11) is 0. The van der Waals surface area contributed by atoms with E-state index in [1.54, 1.807) is 36.4 Å².